The normalized spacial score (nSPS) is 11.3. The van der Waals surface area contributed by atoms with E-state index in [1.54, 1.807) is 12.1 Å². The van der Waals surface area contributed by atoms with E-state index in [0.717, 1.165) is 10.0 Å². The minimum Gasteiger partial charge on any atom is -0.322 e. The highest BCUT2D eigenvalue weighted by Gasteiger charge is 2.17. The molecule has 0 unspecified atom stereocenters. The van der Waals surface area contributed by atoms with Gasteiger partial charge in [-0.05, 0) is 55.9 Å². The van der Waals surface area contributed by atoms with Gasteiger partial charge >= 0.3 is 0 Å². The van der Waals surface area contributed by atoms with Crippen LogP contribution in [0.15, 0.2) is 45.8 Å². The van der Waals surface area contributed by atoms with Gasteiger partial charge in [0.15, 0.2) is 0 Å². The third-order valence-corrected chi connectivity index (χ3v) is 5.81. The Kier molecular flexibility index (Phi) is 5.46. The van der Waals surface area contributed by atoms with Gasteiger partial charge in [-0.1, -0.05) is 27.5 Å². The SMILES string of the molecule is CNS(=O)(=O)c1ccc(Cl)c(C(=O)Nc2ccc(Br)c(C)c2)c1. The lowest BCUT2D eigenvalue weighted by molar-refractivity contribution is 0.102. The molecule has 0 aliphatic rings. The molecule has 8 heteroatoms. The third kappa shape index (κ3) is 4.11. The highest BCUT2D eigenvalue weighted by atomic mass is 79.9. The van der Waals surface area contributed by atoms with Crippen LogP contribution in [0.1, 0.15) is 15.9 Å². The molecule has 0 fully saturated rings. The van der Waals surface area contributed by atoms with Crippen LogP contribution in [-0.4, -0.2) is 21.4 Å². The maximum absolute atomic E-state index is 12.4. The second-order valence-corrected chi connectivity index (χ2v) is 7.92. The van der Waals surface area contributed by atoms with Gasteiger partial charge < -0.3 is 5.32 Å². The lowest BCUT2D eigenvalue weighted by Gasteiger charge is -2.10. The average Bonchev–Trinajstić information content (AvgIpc) is 2.51. The fourth-order valence-corrected chi connectivity index (χ4v) is 3.09. The van der Waals surface area contributed by atoms with Crippen molar-refractivity contribution in [2.24, 2.45) is 0 Å². The van der Waals surface area contributed by atoms with Crippen LogP contribution in [0.2, 0.25) is 5.02 Å². The second kappa shape index (κ2) is 7.00. The minimum absolute atomic E-state index is 0.0264. The van der Waals surface area contributed by atoms with Crippen LogP contribution in [0.5, 0.6) is 0 Å². The van der Waals surface area contributed by atoms with Crippen LogP contribution < -0.4 is 10.0 Å². The first-order chi connectivity index (χ1) is 10.7. The topological polar surface area (TPSA) is 75.3 Å². The van der Waals surface area contributed by atoms with E-state index in [1.807, 2.05) is 13.0 Å². The number of rotatable bonds is 4. The molecule has 23 heavy (non-hydrogen) atoms. The Hall–Kier alpha value is -1.41. The molecule has 0 saturated carbocycles. The van der Waals surface area contributed by atoms with E-state index in [0.29, 0.717) is 5.69 Å². The Bertz CT molecular complexity index is 869. The predicted molar refractivity (Wildman–Crippen MR) is 94.5 cm³/mol. The number of anilines is 1. The first-order valence-corrected chi connectivity index (χ1v) is 9.20. The fraction of sp³-hybridized carbons (Fsp3) is 0.133. The van der Waals surface area contributed by atoms with Crippen LogP contribution in [0.4, 0.5) is 5.69 Å². The first-order valence-electron chi connectivity index (χ1n) is 6.55. The van der Waals surface area contributed by atoms with E-state index in [4.69, 9.17) is 11.6 Å². The highest BCUT2D eigenvalue weighted by Crippen LogP contribution is 2.24. The summed E-state index contributed by atoms with van der Waals surface area (Å²) in [5.41, 5.74) is 1.64. The summed E-state index contributed by atoms with van der Waals surface area (Å²) in [6.45, 7) is 1.90. The summed E-state index contributed by atoms with van der Waals surface area (Å²) in [7, 11) is -2.35. The number of carbonyl (C=O) groups excluding carboxylic acids is 1. The zero-order valence-electron chi connectivity index (χ0n) is 12.4. The number of sulfonamides is 1. The quantitative estimate of drug-likeness (QED) is 0.798. The van der Waals surface area contributed by atoms with Crippen molar-refractivity contribution in [2.75, 3.05) is 12.4 Å². The standard InChI is InChI=1S/C15H14BrClN2O3S/c1-9-7-10(3-5-13(9)16)19-15(20)12-8-11(4-6-14(12)17)23(21,22)18-2/h3-8,18H,1-2H3,(H,19,20). The molecule has 0 bridgehead atoms. The van der Waals surface area contributed by atoms with E-state index >= 15 is 0 Å². The van der Waals surface area contributed by atoms with Crippen molar-refractivity contribution < 1.29 is 13.2 Å². The number of amides is 1. The van der Waals surface area contributed by atoms with Gasteiger partial charge in [-0.2, -0.15) is 0 Å². The molecule has 0 aromatic heterocycles. The third-order valence-electron chi connectivity index (χ3n) is 3.18. The Morgan fingerprint density at radius 3 is 2.48 bits per heavy atom. The van der Waals surface area contributed by atoms with E-state index in [-0.39, 0.29) is 15.5 Å². The van der Waals surface area contributed by atoms with Gasteiger partial charge in [0.05, 0.1) is 15.5 Å². The molecule has 0 spiro atoms. The molecule has 0 atom stereocenters. The minimum atomic E-state index is -3.65. The zero-order valence-corrected chi connectivity index (χ0v) is 15.5. The molecule has 122 valence electrons. The van der Waals surface area contributed by atoms with Crippen LogP contribution in [0.3, 0.4) is 0 Å². The molecule has 0 saturated heterocycles. The summed E-state index contributed by atoms with van der Waals surface area (Å²) in [6.07, 6.45) is 0. The molecule has 0 heterocycles. The number of halogens is 2. The number of benzene rings is 2. The summed E-state index contributed by atoms with van der Waals surface area (Å²) in [5.74, 6) is -0.482. The molecular weight excluding hydrogens is 404 g/mol. The van der Waals surface area contributed by atoms with Crippen LogP contribution in [-0.2, 0) is 10.0 Å². The Morgan fingerprint density at radius 2 is 1.87 bits per heavy atom. The second-order valence-electron chi connectivity index (χ2n) is 4.77. The fourth-order valence-electron chi connectivity index (χ4n) is 1.88. The summed E-state index contributed by atoms with van der Waals surface area (Å²) in [6, 6.07) is 9.31. The molecule has 5 nitrogen and oxygen atoms in total. The molecular formula is C15H14BrClN2O3S. The molecule has 2 rings (SSSR count). The summed E-state index contributed by atoms with van der Waals surface area (Å²) in [5, 5.41) is 2.88. The van der Waals surface area contributed by atoms with Crippen LogP contribution in [0.25, 0.3) is 0 Å². The molecule has 2 N–H and O–H groups in total. The molecule has 2 aromatic carbocycles. The van der Waals surface area contributed by atoms with Gasteiger partial charge in [0.25, 0.3) is 5.91 Å². The zero-order chi connectivity index (χ0) is 17.2. The van der Waals surface area contributed by atoms with Crippen molar-refractivity contribution in [3.05, 3.63) is 57.0 Å². The smallest absolute Gasteiger partial charge is 0.257 e. The molecule has 0 aliphatic heterocycles. The monoisotopic (exact) mass is 416 g/mol. The largest absolute Gasteiger partial charge is 0.322 e. The number of carbonyl (C=O) groups is 1. The molecule has 0 aliphatic carbocycles. The van der Waals surface area contributed by atoms with E-state index in [2.05, 4.69) is 26.0 Å². The Morgan fingerprint density at radius 1 is 1.17 bits per heavy atom. The van der Waals surface area contributed by atoms with Crippen molar-refractivity contribution in [3.8, 4) is 0 Å². The predicted octanol–water partition coefficient (Wildman–Crippen LogP) is 3.57. The average molecular weight is 418 g/mol. The number of nitrogens with one attached hydrogen (secondary N) is 2. The van der Waals surface area contributed by atoms with E-state index in [9.17, 15) is 13.2 Å². The van der Waals surface area contributed by atoms with Crippen LogP contribution >= 0.6 is 27.5 Å². The maximum atomic E-state index is 12.4. The molecule has 0 radical (unpaired) electrons. The van der Waals surface area contributed by atoms with Gasteiger partial charge in [0.1, 0.15) is 0 Å². The summed E-state index contributed by atoms with van der Waals surface area (Å²) in [4.78, 5) is 12.3. The van der Waals surface area contributed by atoms with Gasteiger partial charge in [0.2, 0.25) is 10.0 Å². The van der Waals surface area contributed by atoms with Crippen molar-refractivity contribution >= 4 is 49.1 Å². The van der Waals surface area contributed by atoms with Crippen molar-refractivity contribution in [1.82, 2.24) is 4.72 Å². The summed E-state index contributed by atoms with van der Waals surface area (Å²) >= 11 is 9.41. The van der Waals surface area contributed by atoms with Gasteiger partial charge in [-0.15, -0.1) is 0 Å². The Balaban J connectivity index is 2.35. The van der Waals surface area contributed by atoms with E-state index < -0.39 is 15.9 Å². The number of aryl methyl sites for hydroxylation is 1. The summed E-state index contributed by atoms with van der Waals surface area (Å²) < 4.78 is 26.8. The number of hydrogen-bond donors (Lipinski definition) is 2. The van der Waals surface area contributed by atoms with Crippen molar-refractivity contribution in [3.63, 3.8) is 0 Å². The maximum Gasteiger partial charge on any atom is 0.257 e. The van der Waals surface area contributed by atoms with Gasteiger partial charge in [0, 0.05) is 10.2 Å². The highest BCUT2D eigenvalue weighted by molar-refractivity contribution is 9.10. The lowest BCUT2D eigenvalue weighted by Crippen LogP contribution is -2.20. The van der Waals surface area contributed by atoms with Gasteiger partial charge in [-0.3, -0.25) is 4.79 Å². The van der Waals surface area contributed by atoms with E-state index in [1.165, 1.54) is 25.2 Å². The van der Waals surface area contributed by atoms with Crippen molar-refractivity contribution in [1.29, 1.82) is 0 Å². The van der Waals surface area contributed by atoms with Gasteiger partial charge in [-0.25, -0.2) is 13.1 Å². The lowest BCUT2D eigenvalue weighted by atomic mass is 10.2. The van der Waals surface area contributed by atoms with Crippen LogP contribution in [0, 0.1) is 6.92 Å². The molecule has 2 aromatic rings. The first kappa shape index (κ1) is 17.9. The Labute approximate surface area is 148 Å². The van der Waals surface area contributed by atoms with Crippen molar-refractivity contribution in [2.45, 2.75) is 11.8 Å². The number of hydrogen-bond acceptors (Lipinski definition) is 3. The molecule has 1 amide bonds.